The number of aliphatic imine (C=N–C) groups is 1. The average molecular weight is 216 g/mol. The zero-order valence-corrected chi connectivity index (χ0v) is 10.3. The predicted molar refractivity (Wildman–Crippen MR) is 64.1 cm³/mol. The van der Waals surface area contributed by atoms with Gasteiger partial charge in [-0.1, -0.05) is 0 Å². The Bertz CT molecular complexity index is 182. The lowest BCUT2D eigenvalue weighted by atomic mass is 10.4. The summed E-state index contributed by atoms with van der Waals surface area (Å²) in [4.78, 5) is 6.38. The fourth-order valence-electron chi connectivity index (χ4n) is 1.04. The third-order valence-electron chi connectivity index (χ3n) is 1.88. The Morgan fingerprint density at radius 2 is 2.13 bits per heavy atom. The van der Waals surface area contributed by atoms with Crippen LogP contribution in [0, 0.1) is 0 Å². The highest BCUT2D eigenvalue weighted by atomic mass is 16.5. The fourth-order valence-corrected chi connectivity index (χ4v) is 1.04. The number of hydrogen-bond acceptors (Lipinski definition) is 3. The zero-order chi connectivity index (χ0) is 11.7. The summed E-state index contributed by atoms with van der Waals surface area (Å²) < 4.78 is 4.98. The molecule has 90 valence electrons. The number of hydrogen-bond donors (Lipinski definition) is 2. The Balaban J connectivity index is 3.57. The first-order valence-corrected chi connectivity index (χ1v) is 5.30. The van der Waals surface area contributed by atoms with E-state index in [1.807, 2.05) is 20.9 Å². The van der Waals surface area contributed by atoms with Crippen molar-refractivity contribution in [2.75, 3.05) is 40.4 Å². The fraction of sp³-hybridized carbons (Fsp3) is 0.900. The van der Waals surface area contributed by atoms with E-state index in [0.717, 1.165) is 19.7 Å². The molecule has 0 saturated carbocycles. The minimum atomic E-state index is 0.333. The summed E-state index contributed by atoms with van der Waals surface area (Å²) in [6.45, 7) is 7.35. The van der Waals surface area contributed by atoms with E-state index >= 15 is 0 Å². The Morgan fingerprint density at radius 3 is 2.67 bits per heavy atom. The van der Waals surface area contributed by atoms with Crippen LogP contribution in [0.25, 0.3) is 0 Å². The molecule has 0 radical (unpaired) electrons. The van der Waals surface area contributed by atoms with Gasteiger partial charge in [0, 0.05) is 26.2 Å². The molecular weight excluding hydrogens is 192 g/mol. The van der Waals surface area contributed by atoms with E-state index in [2.05, 4.69) is 15.2 Å². The van der Waals surface area contributed by atoms with E-state index in [4.69, 9.17) is 10.5 Å². The number of nitrogens with one attached hydrogen (secondary N) is 1. The summed E-state index contributed by atoms with van der Waals surface area (Å²) in [5.74, 6) is 0.519. The largest absolute Gasteiger partial charge is 0.383 e. The second kappa shape index (κ2) is 8.49. The lowest BCUT2D eigenvalue weighted by Crippen LogP contribution is -2.37. The zero-order valence-electron chi connectivity index (χ0n) is 10.3. The van der Waals surface area contributed by atoms with Gasteiger partial charge < -0.3 is 20.7 Å². The van der Waals surface area contributed by atoms with Gasteiger partial charge in [-0.3, -0.25) is 4.99 Å². The molecule has 0 heterocycles. The maximum Gasteiger partial charge on any atom is 0.188 e. The van der Waals surface area contributed by atoms with Crippen LogP contribution in [0.1, 0.15) is 13.8 Å². The van der Waals surface area contributed by atoms with E-state index in [0.29, 0.717) is 18.5 Å². The summed E-state index contributed by atoms with van der Waals surface area (Å²) in [5.41, 5.74) is 5.66. The molecule has 5 nitrogen and oxygen atoms in total. The van der Waals surface area contributed by atoms with Crippen LogP contribution in [0.2, 0.25) is 0 Å². The van der Waals surface area contributed by atoms with Gasteiger partial charge in [0.05, 0.1) is 13.2 Å². The van der Waals surface area contributed by atoms with Crippen molar-refractivity contribution in [2.24, 2.45) is 10.7 Å². The Labute approximate surface area is 92.7 Å². The van der Waals surface area contributed by atoms with Crippen molar-refractivity contribution in [3.05, 3.63) is 0 Å². The highest BCUT2D eigenvalue weighted by molar-refractivity contribution is 5.78. The molecule has 5 heteroatoms. The molecule has 0 amide bonds. The molecule has 0 aliphatic heterocycles. The van der Waals surface area contributed by atoms with Crippen LogP contribution in [0.3, 0.4) is 0 Å². The van der Waals surface area contributed by atoms with Crippen molar-refractivity contribution in [2.45, 2.75) is 19.9 Å². The standard InChI is InChI=1S/C10H24N4O/c1-9(2)13-10(11)12-5-6-14(3)7-8-15-4/h9H,5-8H2,1-4H3,(H3,11,12,13). The molecule has 0 bridgehead atoms. The van der Waals surface area contributed by atoms with Gasteiger partial charge in [-0.2, -0.15) is 0 Å². The summed E-state index contributed by atoms with van der Waals surface area (Å²) in [6, 6.07) is 0.333. The van der Waals surface area contributed by atoms with Crippen LogP contribution in [0.15, 0.2) is 4.99 Å². The third kappa shape index (κ3) is 9.49. The average Bonchev–Trinajstić information content (AvgIpc) is 2.13. The minimum Gasteiger partial charge on any atom is -0.383 e. The smallest absolute Gasteiger partial charge is 0.188 e. The lowest BCUT2D eigenvalue weighted by Gasteiger charge is -2.14. The molecule has 0 unspecified atom stereocenters. The molecule has 0 aliphatic carbocycles. The molecule has 0 aromatic carbocycles. The first-order valence-electron chi connectivity index (χ1n) is 5.30. The summed E-state index contributed by atoms with van der Waals surface area (Å²) >= 11 is 0. The van der Waals surface area contributed by atoms with Crippen LogP contribution in [-0.2, 0) is 4.74 Å². The summed E-state index contributed by atoms with van der Waals surface area (Å²) in [5, 5.41) is 3.04. The molecule has 15 heavy (non-hydrogen) atoms. The van der Waals surface area contributed by atoms with Gasteiger partial charge >= 0.3 is 0 Å². The molecule has 0 saturated heterocycles. The van der Waals surface area contributed by atoms with Gasteiger partial charge in [0.15, 0.2) is 5.96 Å². The van der Waals surface area contributed by atoms with Crippen LogP contribution >= 0.6 is 0 Å². The number of ether oxygens (including phenoxy) is 1. The number of nitrogens with zero attached hydrogens (tertiary/aromatic N) is 2. The summed E-state index contributed by atoms with van der Waals surface area (Å²) in [6.07, 6.45) is 0. The molecular formula is C10H24N4O. The quantitative estimate of drug-likeness (QED) is 0.460. The van der Waals surface area contributed by atoms with Crippen LogP contribution in [0.4, 0.5) is 0 Å². The van der Waals surface area contributed by atoms with Gasteiger partial charge in [0.2, 0.25) is 0 Å². The van der Waals surface area contributed by atoms with Crippen molar-refractivity contribution in [1.82, 2.24) is 10.2 Å². The van der Waals surface area contributed by atoms with Crippen molar-refractivity contribution in [3.8, 4) is 0 Å². The van der Waals surface area contributed by atoms with Gasteiger partial charge in [0.1, 0.15) is 0 Å². The second-order valence-corrected chi connectivity index (χ2v) is 3.86. The lowest BCUT2D eigenvalue weighted by molar-refractivity contribution is 0.163. The van der Waals surface area contributed by atoms with Gasteiger partial charge in [0.25, 0.3) is 0 Å². The molecule has 0 aromatic rings. The summed E-state index contributed by atoms with van der Waals surface area (Å²) in [7, 11) is 3.75. The second-order valence-electron chi connectivity index (χ2n) is 3.86. The van der Waals surface area contributed by atoms with Crippen LogP contribution in [-0.4, -0.2) is 57.3 Å². The van der Waals surface area contributed by atoms with E-state index in [1.165, 1.54) is 0 Å². The molecule has 0 rings (SSSR count). The van der Waals surface area contributed by atoms with Gasteiger partial charge in [-0.25, -0.2) is 0 Å². The first kappa shape index (κ1) is 14.2. The van der Waals surface area contributed by atoms with Gasteiger partial charge in [-0.15, -0.1) is 0 Å². The number of guanidine groups is 1. The molecule has 3 N–H and O–H groups in total. The maximum atomic E-state index is 5.66. The third-order valence-corrected chi connectivity index (χ3v) is 1.88. The van der Waals surface area contributed by atoms with Crippen LogP contribution in [0.5, 0.6) is 0 Å². The van der Waals surface area contributed by atoms with E-state index < -0.39 is 0 Å². The SMILES string of the molecule is COCCN(C)CCN=C(N)NC(C)C. The molecule has 0 aromatic heterocycles. The Hall–Kier alpha value is -0.810. The van der Waals surface area contributed by atoms with Crippen molar-refractivity contribution < 1.29 is 4.74 Å². The molecule has 0 fully saturated rings. The highest BCUT2D eigenvalue weighted by Gasteiger charge is 1.97. The van der Waals surface area contributed by atoms with Crippen molar-refractivity contribution >= 4 is 5.96 Å². The van der Waals surface area contributed by atoms with Gasteiger partial charge in [-0.05, 0) is 20.9 Å². The molecule has 0 aliphatic rings. The van der Waals surface area contributed by atoms with E-state index in [1.54, 1.807) is 7.11 Å². The maximum absolute atomic E-state index is 5.66. The topological polar surface area (TPSA) is 62.9 Å². The number of likely N-dealkylation sites (N-methyl/N-ethyl adjacent to an activating group) is 1. The van der Waals surface area contributed by atoms with E-state index in [9.17, 15) is 0 Å². The van der Waals surface area contributed by atoms with Crippen LogP contribution < -0.4 is 11.1 Å². The molecule has 0 atom stereocenters. The molecule has 0 spiro atoms. The van der Waals surface area contributed by atoms with Crippen molar-refractivity contribution in [3.63, 3.8) is 0 Å². The number of rotatable bonds is 7. The van der Waals surface area contributed by atoms with Crippen molar-refractivity contribution in [1.29, 1.82) is 0 Å². The predicted octanol–water partition coefficient (Wildman–Crippen LogP) is -0.123. The Morgan fingerprint density at radius 1 is 1.47 bits per heavy atom. The highest BCUT2D eigenvalue weighted by Crippen LogP contribution is 1.83. The normalized spacial score (nSPS) is 12.5. The Kier molecular flexibility index (Phi) is 8.04. The number of nitrogens with two attached hydrogens (primary N) is 1. The monoisotopic (exact) mass is 216 g/mol. The van der Waals surface area contributed by atoms with E-state index in [-0.39, 0.29) is 0 Å². The minimum absolute atomic E-state index is 0.333. The first-order chi connectivity index (χ1) is 7.06. The number of methoxy groups -OCH3 is 1.